The molecule has 84 valence electrons. The normalized spacial score (nSPS) is 10.6. The summed E-state index contributed by atoms with van der Waals surface area (Å²) in [6.45, 7) is 3.41. The molecule has 1 aromatic heterocycles. The van der Waals surface area contributed by atoms with Gasteiger partial charge in [-0.2, -0.15) is 0 Å². The maximum Gasteiger partial charge on any atom is 0.139 e. The van der Waals surface area contributed by atoms with Crippen molar-refractivity contribution >= 4 is 0 Å². The van der Waals surface area contributed by atoms with E-state index in [4.69, 9.17) is 4.74 Å². The zero-order valence-electron chi connectivity index (χ0n) is 9.34. The number of para-hydroxylation sites is 1. The van der Waals surface area contributed by atoms with E-state index in [0.717, 1.165) is 24.5 Å². The van der Waals surface area contributed by atoms with Crippen LogP contribution in [-0.2, 0) is 11.2 Å². The van der Waals surface area contributed by atoms with Gasteiger partial charge in [0.05, 0.1) is 6.61 Å². The summed E-state index contributed by atoms with van der Waals surface area (Å²) in [6, 6.07) is 10.1. The van der Waals surface area contributed by atoms with E-state index in [-0.39, 0.29) is 0 Å². The minimum Gasteiger partial charge on any atom is -0.381 e. The third-order valence-corrected chi connectivity index (χ3v) is 2.33. The van der Waals surface area contributed by atoms with Crippen molar-refractivity contribution in [3.05, 3.63) is 42.5 Å². The molecule has 4 heteroatoms. The fourth-order valence-corrected chi connectivity index (χ4v) is 1.54. The molecule has 0 aliphatic heterocycles. The van der Waals surface area contributed by atoms with Crippen LogP contribution in [0.5, 0.6) is 0 Å². The zero-order chi connectivity index (χ0) is 11.2. The smallest absolute Gasteiger partial charge is 0.139 e. The molecule has 0 saturated carbocycles. The SMILES string of the molecule is CCOCCc1nncn1-c1ccccc1. The highest BCUT2D eigenvalue weighted by molar-refractivity contribution is 5.31. The van der Waals surface area contributed by atoms with Gasteiger partial charge in [-0.25, -0.2) is 0 Å². The zero-order valence-corrected chi connectivity index (χ0v) is 9.34. The first-order chi connectivity index (χ1) is 7.92. The lowest BCUT2D eigenvalue weighted by Gasteiger charge is -2.05. The molecule has 0 amide bonds. The Morgan fingerprint density at radius 2 is 2.06 bits per heavy atom. The molecule has 0 fully saturated rings. The van der Waals surface area contributed by atoms with Crippen LogP contribution in [0.2, 0.25) is 0 Å². The van der Waals surface area contributed by atoms with Crippen LogP contribution in [0.15, 0.2) is 36.7 Å². The summed E-state index contributed by atoms with van der Waals surface area (Å²) < 4.78 is 7.30. The Bertz CT molecular complexity index is 425. The fraction of sp³-hybridized carbons (Fsp3) is 0.333. The van der Waals surface area contributed by atoms with E-state index in [9.17, 15) is 0 Å². The lowest BCUT2D eigenvalue weighted by Crippen LogP contribution is -2.05. The summed E-state index contributed by atoms with van der Waals surface area (Å²) >= 11 is 0. The van der Waals surface area contributed by atoms with Crippen LogP contribution in [-0.4, -0.2) is 28.0 Å². The van der Waals surface area contributed by atoms with Crippen molar-refractivity contribution in [1.29, 1.82) is 0 Å². The minimum atomic E-state index is 0.683. The van der Waals surface area contributed by atoms with Crippen LogP contribution in [0, 0.1) is 0 Å². The molecule has 0 aliphatic rings. The summed E-state index contributed by atoms with van der Waals surface area (Å²) in [4.78, 5) is 0. The summed E-state index contributed by atoms with van der Waals surface area (Å²) in [5.41, 5.74) is 1.08. The lowest BCUT2D eigenvalue weighted by molar-refractivity contribution is 0.149. The number of hydrogen-bond donors (Lipinski definition) is 0. The minimum absolute atomic E-state index is 0.683. The first-order valence-corrected chi connectivity index (χ1v) is 5.44. The van der Waals surface area contributed by atoms with Gasteiger partial charge in [0.1, 0.15) is 12.2 Å². The molecule has 0 saturated heterocycles. The molecular weight excluding hydrogens is 202 g/mol. The maximum absolute atomic E-state index is 5.32. The van der Waals surface area contributed by atoms with Crippen molar-refractivity contribution in [2.75, 3.05) is 13.2 Å². The number of benzene rings is 1. The maximum atomic E-state index is 5.32. The predicted molar refractivity (Wildman–Crippen MR) is 61.6 cm³/mol. The third kappa shape index (κ3) is 2.46. The summed E-state index contributed by atoms with van der Waals surface area (Å²) in [6.07, 6.45) is 2.51. The third-order valence-electron chi connectivity index (χ3n) is 2.33. The molecule has 0 N–H and O–H groups in total. The van der Waals surface area contributed by atoms with E-state index >= 15 is 0 Å². The van der Waals surface area contributed by atoms with Gasteiger partial charge in [0.25, 0.3) is 0 Å². The first kappa shape index (κ1) is 10.8. The Kier molecular flexibility index (Phi) is 3.66. The summed E-state index contributed by atoms with van der Waals surface area (Å²) in [5.74, 6) is 0.930. The number of rotatable bonds is 5. The predicted octanol–water partition coefficient (Wildman–Crippen LogP) is 1.85. The molecular formula is C12H15N3O. The highest BCUT2D eigenvalue weighted by Gasteiger charge is 2.05. The molecule has 0 aliphatic carbocycles. The van der Waals surface area contributed by atoms with Gasteiger partial charge >= 0.3 is 0 Å². The molecule has 1 heterocycles. The molecule has 2 rings (SSSR count). The van der Waals surface area contributed by atoms with Gasteiger partial charge in [-0.3, -0.25) is 4.57 Å². The van der Waals surface area contributed by atoms with Crippen molar-refractivity contribution in [2.24, 2.45) is 0 Å². The highest BCUT2D eigenvalue weighted by atomic mass is 16.5. The van der Waals surface area contributed by atoms with E-state index in [1.54, 1.807) is 6.33 Å². The second kappa shape index (κ2) is 5.42. The van der Waals surface area contributed by atoms with Gasteiger partial charge in [0.2, 0.25) is 0 Å². The lowest BCUT2D eigenvalue weighted by atomic mass is 10.3. The molecule has 4 nitrogen and oxygen atoms in total. The van der Waals surface area contributed by atoms with Crippen LogP contribution in [0.4, 0.5) is 0 Å². The van der Waals surface area contributed by atoms with Gasteiger partial charge in [-0.15, -0.1) is 10.2 Å². The molecule has 0 spiro atoms. The Hall–Kier alpha value is -1.68. The van der Waals surface area contributed by atoms with Gasteiger partial charge in [-0.05, 0) is 19.1 Å². The second-order valence-electron chi connectivity index (χ2n) is 3.40. The second-order valence-corrected chi connectivity index (χ2v) is 3.40. The van der Waals surface area contributed by atoms with Crippen LogP contribution < -0.4 is 0 Å². The van der Waals surface area contributed by atoms with Crippen LogP contribution >= 0.6 is 0 Å². The molecule has 2 aromatic rings. The van der Waals surface area contributed by atoms with Crippen molar-refractivity contribution in [3.8, 4) is 5.69 Å². The molecule has 0 bridgehead atoms. The van der Waals surface area contributed by atoms with E-state index in [1.165, 1.54) is 0 Å². The van der Waals surface area contributed by atoms with Gasteiger partial charge < -0.3 is 4.74 Å². The van der Waals surface area contributed by atoms with Crippen molar-refractivity contribution < 1.29 is 4.74 Å². The number of hydrogen-bond acceptors (Lipinski definition) is 3. The van der Waals surface area contributed by atoms with Crippen LogP contribution in [0.3, 0.4) is 0 Å². The number of aromatic nitrogens is 3. The van der Waals surface area contributed by atoms with Crippen molar-refractivity contribution in [2.45, 2.75) is 13.3 Å². The summed E-state index contributed by atoms with van der Waals surface area (Å²) in [7, 11) is 0. The molecule has 16 heavy (non-hydrogen) atoms. The Labute approximate surface area is 94.9 Å². The van der Waals surface area contributed by atoms with Crippen LogP contribution in [0.25, 0.3) is 5.69 Å². The fourth-order valence-electron chi connectivity index (χ4n) is 1.54. The Morgan fingerprint density at radius 1 is 1.25 bits per heavy atom. The topological polar surface area (TPSA) is 39.9 Å². The first-order valence-electron chi connectivity index (χ1n) is 5.44. The molecule has 0 unspecified atom stereocenters. The standard InChI is InChI=1S/C12H15N3O/c1-2-16-9-8-12-14-13-10-15(12)11-6-4-3-5-7-11/h3-7,10H,2,8-9H2,1H3. The van der Waals surface area contributed by atoms with Gasteiger partial charge in [-0.1, -0.05) is 18.2 Å². The van der Waals surface area contributed by atoms with Gasteiger partial charge in [0, 0.05) is 18.7 Å². The monoisotopic (exact) mass is 217 g/mol. The summed E-state index contributed by atoms with van der Waals surface area (Å²) in [5, 5.41) is 8.03. The van der Waals surface area contributed by atoms with Crippen molar-refractivity contribution in [1.82, 2.24) is 14.8 Å². The van der Waals surface area contributed by atoms with Crippen LogP contribution in [0.1, 0.15) is 12.7 Å². The van der Waals surface area contributed by atoms with E-state index in [1.807, 2.05) is 41.8 Å². The largest absolute Gasteiger partial charge is 0.381 e. The Morgan fingerprint density at radius 3 is 2.81 bits per heavy atom. The van der Waals surface area contributed by atoms with Crippen molar-refractivity contribution in [3.63, 3.8) is 0 Å². The highest BCUT2D eigenvalue weighted by Crippen LogP contribution is 2.09. The van der Waals surface area contributed by atoms with E-state index in [2.05, 4.69) is 10.2 Å². The van der Waals surface area contributed by atoms with E-state index in [0.29, 0.717) is 6.61 Å². The Balaban J connectivity index is 2.13. The average Bonchev–Trinajstić information content (AvgIpc) is 2.79. The number of nitrogens with zero attached hydrogens (tertiary/aromatic N) is 3. The molecule has 0 atom stereocenters. The van der Waals surface area contributed by atoms with E-state index < -0.39 is 0 Å². The molecule has 0 radical (unpaired) electrons. The average molecular weight is 217 g/mol. The quantitative estimate of drug-likeness (QED) is 0.717. The van der Waals surface area contributed by atoms with Gasteiger partial charge in [0.15, 0.2) is 0 Å². The number of ether oxygens (including phenoxy) is 1. The molecule has 1 aromatic carbocycles.